The van der Waals surface area contributed by atoms with Crippen molar-refractivity contribution in [3.8, 4) is 0 Å². The normalized spacial score (nSPS) is 28.4. The van der Waals surface area contributed by atoms with Crippen molar-refractivity contribution in [1.82, 2.24) is 10.2 Å². The van der Waals surface area contributed by atoms with E-state index in [1.54, 1.807) is 0 Å². The quantitative estimate of drug-likeness (QED) is 0.701. The van der Waals surface area contributed by atoms with Crippen LogP contribution in [0.15, 0.2) is 0 Å². The van der Waals surface area contributed by atoms with Crippen molar-refractivity contribution in [2.45, 2.75) is 57.4 Å². The first-order chi connectivity index (χ1) is 7.45. The predicted molar refractivity (Wildman–Crippen MR) is 65.2 cm³/mol. The molecule has 2 fully saturated rings. The van der Waals surface area contributed by atoms with Crippen LogP contribution in [0.25, 0.3) is 0 Å². The molecule has 0 spiro atoms. The van der Waals surface area contributed by atoms with E-state index in [2.05, 4.69) is 10.2 Å². The molecule has 15 heavy (non-hydrogen) atoms. The van der Waals surface area contributed by atoms with Crippen LogP contribution < -0.4 is 5.32 Å². The first-order valence-corrected chi connectivity index (χ1v) is 6.91. The molecule has 2 saturated heterocycles. The Kier molecular flexibility index (Phi) is 4.94. The molecule has 2 aliphatic heterocycles. The summed E-state index contributed by atoms with van der Waals surface area (Å²) in [6.07, 6.45) is 11.4. The second-order valence-corrected chi connectivity index (χ2v) is 5.19. The maximum atomic E-state index is 3.58. The fourth-order valence-electron chi connectivity index (χ4n) is 2.91. The maximum absolute atomic E-state index is 3.58. The van der Waals surface area contributed by atoms with Gasteiger partial charge in [0.15, 0.2) is 0 Å². The van der Waals surface area contributed by atoms with Gasteiger partial charge in [-0.2, -0.15) is 0 Å². The lowest BCUT2D eigenvalue weighted by atomic mass is 10.1. The number of hydrogen-bond acceptors (Lipinski definition) is 2. The van der Waals surface area contributed by atoms with Crippen LogP contribution in [0.3, 0.4) is 0 Å². The van der Waals surface area contributed by atoms with Crippen molar-refractivity contribution in [2.75, 3.05) is 26.2 Å². The number of nitrogens with zero attached hydrogens (tertiary/aromatic N) is 1. The second-order valence-electron chi connectivity index (χ2n) is 5.19. The average molecular weight is 210 g/mol. The molecule has 0 aliphatic carbocycles. The summed E-state index contributed by atoms with van der Waals surface area (Å²) in [4.78, 5) is 2.66. The first kappa shape index (κ1) is 11.4. The third kappa shape index (κ3) is 4.12. The van der Waals surface area contributed by atoms with E-state index in [0.717, 1.165) is 6.04 Å². The molecule has 0 bridgehead atoms. The van der Waals surface area contributed by atoms with Gasteiger partial charge in [-0.05, 0) is 64.7 Å². The van der Waals surface area contributed by atoms with E-state index >= 15 is 0 Å². The van der Waals surface area contributed by atoms with Crippen molar-refractivity contribution < 1.29 is 0 Å². The van der Waals surface area contributed by atoms with Crippen molar-refractivity contribution in [2.24, 2.45) is 0 Å². The molecule has 0 amide bonds. The van der Waals surface area contributed by atoms with Crippen molar-refractivity contribution in [3.63, 3.8) is 0 Å². The van der Waals surface area contributed by atoms with Gasteiger partial charge in [0, 0.05) is 6.04 Å². The van der Waals surface area contributed by atoms with Crippen molar-refractivity contribution >= 4 is 0 Å². The maximum Gasteiger partial charge on any atom is 0.00675 e. The van der Waals surface area contributed by atoms with Gasteiger partial charge in [0.05, 0.1) is 0 Å². The lowest BCUT2D eigenvalue weighted by Gasteiger charge is -2.26. The molecule has 1 unspecified atom stereocenters. The number of unbranched alkanes of at least 4 members (excludes halogenated alkanes) is 1. The molecular formula is C13H26N2. The van der Waals surface area contributed by atoms with Crippen LogP contribution >= 0.6 is 0 Å². The smallest absolute Gasteiger partial charge is 0.00675 e. The largest absolute Gasteiger partial charge is 0.314 e. The Morgan fingerprint density at radius 2 is 1.87 bits per heavy atom. The number of likely N-dealkylation sites (tertiary alicyclic amines) is 1. The van der Waals surface area contributed by atoms with Gasteiger partial charge in [-0.3, -0.25) is 0 Å². The highest BCUT2D eigenvalue weighted by atomic mass is 15.1. The summed E-state index contributed by atoms with van der Waals surface area (Å²) in [7, 11) is 0. The van der Waals surface area contributed by atoms with Crippen LogP contribution in [0.2, 0.25) is 0 Å². The van der Waals surface area contributed by atoms with E-state index < -0.39 is 0 Å². The zero-order chi connectivity index (χ0) is 10.3. The molecule has 2 nitrogen and oxygen atoms in total. The molecule has 0 aromatic carbocycles. The molecule has 2 rings (SSSR count). The van der Waals surface area contributed by atoms with E-state index in [1.165, 1.54) is 77.5 Å². The van der Waals surface area contributed by atoms with E-state index in [0.29, 0.717) is 0 Å². The summed E-state index contributed by atoms with van der Waals surface area (Å²) in [6, 6.07) is 0.853. The molecule has 1 N–H and O–H groups in total. The van der Waals surface area contributed by atoms with Gasteiger partial charge in [0.1, 0.15) is 0 Å². The van der Waals surface area contributed by atoms with Gasteiger partial charge in [0.2, 0.25) is 0 Å². The van der Waals surface area contributed by atoms with Crippen LogP contribution in [0.5, 0.6) is 0 Å². The molecular weight excluding hydrogens is 184 g/mol. The molecule has 2 heterocycles. The van der Waals surface area contributed by atoms with Gasteiger partial charge >= 0.3 is 0 Å². The Bertz CT molecular complexity index is 158. The van der Waals surface area contributed by atoms with Crippen LogP contribution in [0.4, 0.5) is 0 Å². The minimum atomic E-state index is 0.853. The van der Waals surface area contributed by atoms with Gasteiger partial charge in [-0.25, -0.2) is 0 Å². The Hall–Kier alpha value is -0.0800. The Morgan fingerprint density at radius 1 is 1.00 bits per heavy atom. The summed E-state index contributed by atoms with van der Waals surface area (Å²) in [5.74, 6) is 0. The molecule has 0 aromatic rings. The fourth-order valence-corrected chi connectivity index (χ4v) is 2.91. The summed E-state index contributed by atoms with van der Waals surface area (Å²) < 4.78 is 0. The third-order valence-electron chi connectivity index (χ3n) is 3.89. The van der Waals surface area contributed by atoms with Gasteiger partial charge in [-0.15, -0.1) is 0 Å². The Balaban J connectivity index is 1.47. The van der Waals surface area contributed by atoms with Gasteiger partial charge in [-0.1, -0.05) is 12.8 Å². The zero-order valence-corrected chi connectivity index (χ0v) is 10.0. The third-order valence-corrected chi connectivity index (χ3v) is 3.89. The Morgan fingerprint density at radius 3 is 2.60 bits per heavy atom. The molecule has 0 aromatic heterocycles. The summed E-state index contributed by atoms with van der Waals surface area (Å²) in [6.45, 7) is 5.34. The highest BCUT2D eigenvalue weighted by Gasteiger charge is 2.13. The van der Waals surface area contributed by atoms with Gasteiger partial charge in [0.25, 0.3) is 0 Å². The van der Waals surface area contributed by atoms with Crippen molar-refractivity contribution in [1.29, 1.82) is 0 Å². The summed E-state index contributed by atoms with van der Waals surface area (Å²) in [5.41, 5.74) is 0. The fraction of sp³-hybridized carbons (Fsp3) is 1.00. The van der Waals surface area contributed by atoms with E-state index in [1.807, 2.05) is 0 Å². The Labute approximate surface area is 94.4 Å². The highest BCUT2D eigenvalue weighted by Crippen LogP contribution is 2.13. The van der Waals surface area contributed by atoms with Gasteiger partial charge < -0.3 is 10.2 Å². The van der Waals surface area contributed by atoms with Crippen molar-refractivity contribution in [3.05, 3.63) is 0 Å². The van der Waals surface area contributed by atoms with Crippen LogP contribution in [-0.2, 0) is 0 Å². The number of hydrogen-bond donors (Lipinski definition) is 1. The number of nitrogens with one attached hydrogen (secondary N) is 1. The van der Waals surface area contributed by atoms with E-state index in [9.17, 15) is 0 Å². The summed E-state index contributed by atoms with van der Waals surface area (Å²) in [5, 5.41) is 3.58. The lowest BCUT2D eigenvalue weighted by Crippen LogP contribution is -2.30. The summed E-state index contributed by atoms with van der Waals surface area (Å²) >= 11 is 0. The van der Waals surface area contributed by atoms with Crippen LogP contribution in [0.1, 0.15) is 51.4 Å². The topological polar surface area (TPSA) is 15.3 Å². The number of piperidine rings is 1. The van der Waals surface area contributed by atoms with Crippen LogP contribution in [0, 0.1) is 0 Å². The highest BCUT2D eigenvalue weighted by molar-refractivity contribution is 4.74. The molecule has 88 valence electrons. The predicted octanol–water partition coefficient (Wildman–Crippen LogP) is 2.39. The molecule has 0 radical (unpaired) electrons. The molecule has 0 saturated carbocycles. The minimum absolute atomic E-state index is 0.853. The minimum Gasteiger partial charge on any atom is -0.314 e. The standard InChI is InChI=1S/C13H26N2/c1-3-10-15(11-4-1)12-5-2-7-13-8-6-9-14-13/h13-14H,1-12H2. The first-order valence-electron chi connectivity index (χ1n) is 6.91. The average Bonchev–Trinajstić information content (AvgIpc) is 2.79. The second kappa shape index (κ2) is 6.49. The zero-order valence-electron chi connectivity index (χ0n) is 10.0. The molecule has 1 atom stereocenters. The number of rotatable bonds is 5. The molecule has 2 heteroatoms. The van der Waals surface area contributed by atoms with E-state index in [-0.39, 0.29) is 0 Å². The lowest BCUT2D eigenvalue weighted by molar-refractivity contribution is 0.223. The van der Waals surface area contributed by atoms with E-state index in [4.69, 9.17) is 0 Å². The SMILES string of the molecule is C1CCN(CCCCC2CCCN2)CC1. The van der Waals surface area contributed by atoms with Crippen LogP contribution in [-0.4, -0.2) is 37.1 Å². The molecule has 2 aliphatic rings. The monoisotopic (exact) mass is 210 g/mol.